The van der Waals surface area contributed by atoms with Crippen molar-refractivity contribution in [2.24, 2.45) is 0 Å². The summed E-state index contributed by atoms with van der Waals surface area (Å²) in [6.07, 6.45) is 8.24. The van der Waals surface area contributed by atoms with E-state index in [0.29, 0.717) is 37.5 Å². The van der Waals surface area contributed by atoms with Gasteiger partial charge in [0, 0.05) is 123 Å². The summed E-state index contributed by atoms with van der Waals surface area (Å²) in [5, 5.41) is 23.8. The molecule has 0 atom stereocenters. The van der Waals surface area contributed by atoms with Crippen LogP contribution in [-0.4, -0.2) is 72.1 Å². The largest absolute Gasteiger partial charge is 0.364 e. The minimum atomic E-state index is -1.54. The van der Waals surface area contributed by atoms with Gasteiger partial charge in [0.1, 0.15) is 19.8 Å². The van der Waals surface area contributed by atoms with Crippen LogP contribution in [0.1, 0.15) is 108 Å². The summed E-state index contributed by atoms with van der Waals surface area (Å²) < 4.78 is 8.53. The third-order valence-electron chi connectivity index (χ3n) is 16.6. The molecule has 0 saturated carbocycles. The smallest absolute Gasteiger partial charge is 0.178 e. The molecule has 0 unspecified atom stereocenters. The van der Waals surface area contributed by atoms with Crippen LogP contribution in [0.3, 0.4) is 0 Å². The molecule has 14 aromatic rings. The number of nitrogens with zero attached hydrogens (tertiary/aromatic N) is 4. The summed E-state index contributed by atoms with van der Waals surface area (Å²) in [6, 6.07) is 75.0. The minimum Gasteiger partial charge on any atom is -0.364 e. The number of benzene rings is 9. The van der Waals surface area contributed by atoms with E-state index in [-0.39, 0.29) is 17.3 Å². The number of aromatic amines is 1. The number of H-pyrrole nitrogens is 1. The number of aliphatic hydroxyl groups excluding tert-OH is 1. The number of Topliss-reactive ketones (excluding diaryl/α,β-unsaturated/α-hetero) is 3. The lowest BCUT2D eigenvalue weighted by atomic mass is 10.1. The Morgan fingerprint density at radius 1 is 0.388 bits per heavy atom. The topological polar surface area (TPSA) is 183 Å². The summed E-state index contributed by atoms with van der Waals surface area (Å²) in [5.41, 5.74) is 17.2. The second kappa shape index (κ2) is 34.4. The summed E-state index contributed by atoms with van der Waals surface area (Å²) in [7, 11) is 4.51. The number of hydrogen-bond acceptors (Lipinski definition) is 11. The molecule has 5 heterocycles. The minimum absolute atomic E-state index is 0.0404. The van der Waals surface area contributed by atoms with Gasteiger partial charge in [0.15, 0.2) is 23.6 Å². The SMILES string of the molecule is CC(=O)c1cn(Cc2ccccc2)c2ccc(C(O)O)cc12.CC(=O)c1cn(Cc2ccccc2)c2ccc(C)cc12.COOCc1ccc2[nH]ccc2c1.COOCc1ccc2c(c1)c(C(C)=O)cn2Cc1ccccc1.COOCc1ccc2c(ccn2Cc2ccccc2)c1. The van der Waals surface area contributed by atoms with Crippen LogP contribution in [-0.2, 0) is 75.3 Å². The van der Waals surface area contributed by atoms with Gasteiger partial charge in [-0.2, -0.15) is 0 Å². The molecule has 14 rings (SSSR count). The fourth-order valence-electron chi connectivity index (χ4n) is 11.7. The van der Waals surface area contributed by atoms with E-state index in [1.54, 1.807) is 26.0 Å². The van der Waals surface area contributed by atoms with E-state index < -0.39 is 6.29 Å². The van der Waals surface area contributed by atoms with Gasteiger partial charge in [0.05, 0.1) is 21.3 Å². The van der Waals surface area contributed by atoms with E-state index in [4.69, 9.17) is 14.7 Å². The number of carbonyl (C=O) groups excluding carboxylic acids is 3. The highest BCUT2D eigenvalue weighted by Crippen LogP contribution is 2.29. The summed E-state index contributed by atoms with van der Waals surface area (Å²) >= 11 is 0. The maximum absolute atomic E-state index is 12.0. The third-order valence-corrected chi connectivity index (χ3v) is 16.6. The van der Waals surface area contributed by atoms with Gasteiger partial charge in [-0.3, -0.25) is 14.4 Å². The number of nitrogens with one attached hydrogen (secondary N) is 1. The Balaban J connectivity index is 0.000000134. The molecule has 98 heavy (non-hydrogen) atoms. The summed E-state index contributed by atoms with van der Waals surface area (Å²) in [5.74, 6) is 0.139. The van der Waals surface area contributed by atoms with E-state index in [0.717, 1.165) is 91.2 Å². The maximum atomic E-state index is 12.0. The van der Waals surface area contributed by atoms with E-state index in [1.807, 2.05) is 145 Å². The van der Waals surface area contributed by atoms with Crippen LogP contribution >= 0.6 is 0 Å². The zero-order chi connectivity index (χ0) is 68.9. The monoisotopic (exact) mass is 1310 g/mol. The number of carbonyl (C=O) groups is 3. The highest BCUT2D eigenvalue weighted by molar-refractivity contribution is 6.09. The second-order valence-corrected chi connectivity index (χ2v) is 23.7. The summed E-state index contributed by atoms with van der Waals surface area (Å²) in [4.78, 5) is 67.4. The van der Waals surface area contributed by atoms with Gasteiger partial charge >= 0.3 is 0 Å². The molecule has 0 fully saturated rings. The van der Waals surface area contributed by atoms with E-state index >= 15 is 0 Å². The highest BCUT2D eigenvalue weighted by Gasteiger charge is 2.17. The van der Waals surface area contributed by atoms with Crippen molar-refractivity contribution < 1.29 is 53.9 Å². The Hall–Kier alpha value is -10.6. The molecule has 0 aliphatic heterocycles. The number of aryl methyl sites for hydroxylation is 1. The van der Waals surface area contributed by atoms with Crippen molar-refractivity contribution >= 4 is 71.9 Å². The van der Waals surface area contributed by atoms with Crippen LogP contribution in [0.4, 0.5) is 0 Å². The summed E-state index contributed by atoms with van der Waals surface area (Å²) in [6.45, 7) is 11.2. The highest BCUT2D eigenvalue weighted by atomic mass is 17.2. The molecular weight excluding hydrogens is 1230 g/mol. The Morgan fingerprint density at radius 3 is 1.20 bits per heavy atom. The molecule has 0 amide bonds. The predicted octanol–water partition coefficient (Wildman–Crippen LogP) is 17.1. The predicted molar refractivity (Wildman–Crippen MR) is 386 cm³/mol. The number of hydrogen-bond donors (Lipinski definition) is 3. The van der Waals surface area contributed by atoms with Crippen LogP contribution in [0, 0.1) is 6.92 Å². The first-order valence-electron chi connectivity index (χ1n) is 32.2. The van der Waals surface area contributed by atoms with Crippen molar-refractivity contribution in [2.45, 2.75) is 80.0 Å². The van der Waals surface area contributed by atoms with Gasteiger partial charge in [-0.25, -0.2) is 29.3 Å². The molecule has 0 bridgehead atoms. The van der Waals surface area contributed by atoms with Crippen molar-refractivity contribution in [1.82, 2.24) is 23.3 Å². The molecule has 5 aromatic heterocycles. The van der Waals surface area contributed by atoms with Crippen LogP contribution < -0.4 is 0 Å². The normalized spacial score (nSPS) is 11.0. The molecule has 0 aliphatic rings. The van der Waals surface area contributed by atoms with E-state index in [1.165, 1.54) is 66.8 Å². The van der Waals surface area contributed by atoms with Crippen molar-refractivity contribution in [3.63, 3.8) is 0 Å². The number of rotatable bonds is 21. The van der Waals surface area contributed by atoms with Crippen LogP contribution in [0.25, 0.3) is 54.5 Å². The standard InChI is InChI=1S/C19H19NO3.C18H17NO3.C18H17NO.C17H17NO2.C10H11NO2/c1-14(21)18-12-20(11-15-6-4-3-5-7-15)19-9-8-16(10-17(18)19)13-23-22-2;1-12(20)16-11-19(10-13-5-3-2-4-6-13)17-8-7-14(18(21)22)9-15(16)17;1-13-8-9-18-16(10-13)17(14(2)20)12-19(18)11-15-6-4-3-5-7-15;1-19-20-13-15-7-8-17-16(11-15)9-10-18(17)12-14-5-3-2-4-6-14;1-12-13-7-8-2-3-10-9(6-8)4-5-11-10/h3-10,12H,11,13H2,1-2H3;2-9,11,18,21-22H,10H2,1H3;3-10,12H,11H2,1-2H3;2-11H,12-13H2,1H3;2-6,11H,7H2,1H3. The van der Waals surface area contributed by atoms with Crippen LogP contribution in [0.2, 0.25) is 0 Å². The molecule has 0 spiro atoms. The van der Waals surface area contributed by atoms with Gasteiger partial charge in [-0.15, -0.1) is 0 Å². The molecule has 0 saturated heterocycles. The lowest BCUT2D eigenvalue weighted by molar-refractivity contribution is -0.282. The van der Waals surface area contributed by atoms with Gasteiger partial charge in [-0.05, 0) is 150 Å². The quantitative estimate of drug-likeness (QED) is 0.0269. The van der Waals surface area contributed by atoms with Crippen molar-refractivity contribution in [1.29, 1.82) is 0 Å². The molecule has 3 N–H and O–H groups in total. The zero-order valence-corrected chi connectivity index (χ0v) is 56.1. The molecule has 16 heteroatoms. The van der Waals surface area contributed by atoms with Crippen LogP contribution in [0.15, 0.2) is 255 Å². The lowest BCUT2D eigenvalue weighted by Crippen LogP contribution is -1.98. The van der Waals surface area contributed by atoms with Gasteiger partial charge in [0.25, 0.3) is 0 Å². The average Bonchev–Trinajstić information content (AvgIpc) is 1.65. The first-order chi connectivity index (χ1) is 47.7. The molecule has 16 nitrogen and oxygen atoms in total. The zero-order valence-electron chi connectivity index (χ0n) is 56.1. The second-order valence-electron chi connectivity index (χ2n) is 23.7. The Morgan fingerprint density at radius 2 is 0.765 bits per heavy atom. The number of ketones is 3. The average molecular weight is 1310 g/mol. The molecular formula is C82H81N5O11. The molecule has 0 radical (unpaired) electrons. The lowest BCUT2D eigenvalue weighted by Gasteiger charge is -2.07. The van der Waals surface area contributed by atoms with Crippen LogP contribution in [0.5, 0.6) is 0 Å². The fourth-order valence-corrected chi connectivity index (χ4v) is 11.7. The van der Waals surface area contributed by atoms with E-state index in [9.17, 15) is 24.6 Å². The maximum Gasteiger partial charge on any atom is 0.178 e. The fraction of sp³-hybridized carbons (Fsp3) is 0.183. The molecule has 500 valence electrons. The first-order valence-corrected chi connectivity index (χ1v) is 32.2. The Kier molecular flexibility index (Phi) is 24.6. The number of fused-ring (bicyclic) bond motifs is 5. The van der Waals surface area contributed by atoms with Gasteiger partial charge in [0.2, 0.25) is 0 Å². The molecule has 0 aliphatic carbocycles. The third kappa shape index (κ3) is 18.5. The number of aliphatic hydroxyl groups is 2. The van der Waals surface area contributed by atoms with Crippen molar-refractivity contribution in [3.05, 3.63) is 322 Å². The van der Waals surface area contributed by atoms with E-state index in [2.05, 4.69) is 144 Å². The first kappa shape index (κ1) is 70.2. The Bertz CT molecular complexity index is 4910. The van der Waals surface area contributed by atoms with Crippen molar-refractivity contribution in [3.8, 4) is 0 Å². The van der Waals surface area contributed by atoms with Crippen molar-refractivity contribution in [2.75, 3.05) is 21.3 Å². The number of aromatic nitrogens is 5. The molecule has 9 aromatic carbocycles. The Labute approximate surface area is 569 Å². The van der Waals surface area contributed by atoms with Gasteiger partial charge < -0.3 is 33.5 Å². The van der Waals surface area contributed by atoms with Gasteiger partial charge in [-0.1, -0.05) is 157 Å².